The van der Waals surface area contributed by atoms with E-state index in [9.17, 15) is 0 Å². The van der Waals surface area contributed by atoms with Gasteiger partial charge in [0.05, 0.1) is 24.7 Å². The van der Waals surface area contributed by atoms with Crippen LogP contribution in [0, 0.1) is 0 Å². The molecule has 0 radical (unpaired) electrons. The molecule has 0 saturated carbocycles. The summed E-state index contributed by atoms with van der Waals surface area (Å²) in [6.45, 7) is 0. The van der Waals surface area contributed by atoms with Gasteiger partial charge in [0.1, 0.15) is 0 Å². The Labute approximate surface area is 93.0 Å². The average Bonchev–Trinajstić information content (AvgIpc) is 2.67. The number of ether oxygens (including phenoxy) is 1. The normalized spacial score (nSPS) is 10.1. The Morgan fingerprint density at radius 2 is 2.25 bits per heavy atom. The summed E-state index contributed by atoms with van der Waals surface area (Å²) in [5, 5.41) is 7.11. The highest BCUT2D eigenvalue weighted by molar-refractivity contribution is 5.68. The van der Waals surface area contributed by atoms with Gasteiger partial charge in [-0.15, -0.1) is 0 Å². The number of aromatic nitrogens is 3. The first-order valence-corrected chi connectivity index (χ1v) is 4.75. The zero-order chi connectivity index (χ0) is 11.5. The second kappa shape index (κ2) is 4.09. The van der Waals surface area contributed by atoms with Gasteiger partial charge in [0.2, 0.25) is 5.88 Å². The van der Waals surface area contributed by atoms with Gasteiger partial charge < -0.3 is 15.8 Å². The SMILES string of the molecule is COc1ccc(N)c(Nc2cnn(C)c2)n1. The molecule has 0 aliphatic rings. The zero-order valence-electron chi connectivity index (χ0n) is 9.14. The van der Waals surface area contributed by atoms with E-state index in [1.165, 1.54) is 0 Å². The third kappa shape index (κ3) is 2.05. The summed E-state index contributed by atoms with van der Waals surface area (Å²) in [6, 6.07) is 3.45. The molecule has 3 N–H and O–H groups in total. The van der Waals surface area contributed by atoms with Crippen molar-refractivity contribution in [3.8, 4) is 5.88 Å². The zero-order valence-corrected chi connectivity index (χ0v) is 9.14. The molecule has 0 fully saturated rings. The largest absolute Gasteiger partial charge is 0.481 e. The van der Waals surface area contributed by atoms with Gasteiger partial charge in [-0.05, 0) is 6.07 Å². The summed E-state index contributed by atoms with van der Waals surface area (Å²) in [6.07, 6.45) is 3.53. The standard InChI is InChI=1S/C10H13N5O/c1-15-6-7(5-12-15)13-10-8(11)3-4-9(14-10)16-2/h3-6H,11H2,1-2H3,(H,13,14). The molecule has 0 amide bonds. The molecule has 0 unspecified atom stereocenters. The van der Waals surface area contributed by atoms with Crippen LogP contribution in [0.5, 0.6) is 5.88 Å². The average molecular weight is 219 g/mol. The maximum Gasteiger partial charge on any atom is 0.215 e. The predicted octanol–water partition coefficient (Wildman–Crippen LogP) is 1.15. The summed E-state index contributed by atoms with van der Waals surface area (Å²) in [5.74, 6) is 1.08. The van der Waals surface area contributed by atoms with E-state index in [-0.39, 0.29) is 0 Å². The van der Waals surface area contributed by atoms with Crippen LogP contribution in [-0.2, 0) is 7.05 Å². The molecular formula is C10H13N5O. The quantitative estimate of drug-likeness (QED) is 0.809. The Kier molecular flexibility index (Phi) is 2.63. The maximum atomic E-state index is 5.79. The van der Waals surface area contributed by atoms with E-state index in [2.05, 4.69) is 15.4 Å². The van der Waals surface area contributed by atoms with Crippen LogP contribution < -0.4 is 15.8 Å². The second-order valence-corrected chi connectivity index (χ2v) is 3.32. The molecule has 6 heteroatoms. The smallest absolute Gasteiger partial charge is 0.215 e. The van der Waals surface area contributed by atoms with E-state index < -0.39 is 0 Å². The number of nitrogens with two attached hydrogens (primary N) is 1. The fourth-order valence-corrected chi connectivity index (χ4v) is 1.29. The number of pyridine rings is 1. The van der Waals surface area contributed by atoms with Crippen LogP contribution in [0.4, 0.5) is 17.2 Å². The summed E-state index contributed by atoms with van der Waals surface area (Å²) in [7, 11) is 3.40. The molecule has 2 aromatic heterocycles. The van der Waals surface area contributed by atoms with Gasteiger partial charge in [0, 0.05) is 19.3 Å². The summed E-state index contributed by atoms with van der Waals surface area (Å²) in [4.78, 5) is 4.20. The Balaban J connectivity index is 2.26. The molecule has 2 aromatic rings. The number of nitrogen functional groups attached to an aromatic ring is 1. The molecule has 0 bridgehead atoms. The van der Waals surface area contributed by atoms with E-state index >= 15 is 0 Å². The minimum absolute atomic E-state index is 0.514. The Morgan fingerprint density at radius 1 is 1.44 bits per heavy atom. The third-order valence-electron chi connectivity index (χ3n) is 2.08. The highest BCUT2D eigenvalue weighted by Gasteiger charge is 2.04. The molecule has 84 valence electrons. The Hall–Kier alpha value is -2.24. The lowest BCUT2D eigenvalue weighted by molar-refractivity contribution is 0.398. The van der Waals surface area contributed by atoms with Gasteiger partial charge in [-0.25, -0.2) is 0 Å². The minimum Gasteiger partial charge on any atom is -0.481 e. The molecule has 6 nitrogen and oxygen atoms in total. The van der Waals surface area contributed by atoms with E-state index in [4.69, 9.17) is 10.5 Å². The number of rotatable bonds is 3. The topological polar surface area (TPSA) is 78.0 Å². The summed E-state index contributed by atoms with van der Waals surface area (Å²) < 4.78 is 6.72. The lowest BCUT2D eigenvalue weighted by Crippen LogP contribution is -2.00. The first-order chi connectivity index (χ1) is 7.69. The second-order valence-electron chi connectivity index (χ2n) is 3.32. The van der Waals surface area contributed by atoms with Crippen LogP contribution >= 0.6 is 0 Å². The monoisotopic (exact) mass is 219 g/mol. The van der Waals surface area contributed by atoms with Crippen LogP contribution in [-0.4, -0.2) is 21.9 Å². The number of hydrogen-bond acceptors (Lipinski definition) is 5. The van der Waals surface area contributed by atoms with Gasteiger partial charge in [0.15, 0.2) is 5.82 Å². The first kappa shape index (κ1) is 10.3. The molecule has 2 heterocycles. The van der Waals surface area contributed by atoms with Crippen molar-refractivity contribution >= 4 is 17.2 Å². The number of aryl methyl sites for hydroxylation is 1. The van der Waals surface area contributed by atoms with Gasteiger partial charge >= 0.3 is 0 Å². The Morgan fingerprint density at radius 3 is 2.88 bits per heavy atom. The number of methoxy groups -OCH3 is 1. The van der Waals surface area contributed by atoms with Crippen molar-refractivity contribution in [1.82, 2.24) is 14.8 Å². The first-order valence-electron chi connectivity index (χ1n) is 4.75. The van der Waals surface area contributed by atoms with Crippen molar-refractivity contribution in [1.29, 1.82) is 0 Å². The molecule has 0 aliphatic heterocycles. The molecule has 0 aliphatic carbocycles. The number of nitrogens with zero attached hydrogens (tertiary/aromatic N) is 3. The van der Waals surface area contributed by atoms with Gasteiger partial charge in [-0.2, -0.15) is 10.1 Å². The molecule has 16 heavy (non-hydrogen) atoms. The van der Waals surface area contributed by atoms with Gasteiger partial charge in [0.25, 0.3) is 0 Å². The molecule has 2 rings (SSSR count). The van der Waals surface area contributed by atoms with Crippen molar-refractivity contribution in [3.05, 3.63) is 24.5 Å². The number of anilines is 3. The van der Waals surface area contributed by atoms with E-state index in [1.807, 2.05) is 13.2 Å². The highest BCUT2D eigenvalue weighted by Crippen LogP contribution is 2.22. The van der Waals surface area contributed by atoms with E-state index in [1.54, 1.807) is 30.1 Å². The highest BCUT2D eigenvalue weighted by atomic mass is 16.5. The van der Waals surface area contributed by atoms with Crippen LogP contribution in [0.15, 0.2) is 24.5 Å². The Bertz CT molecular complexity index is 494. The van der Waals surface area contributed by atoms with Crippen molar-refractivity contribution < 1.29 is 4.74 Å². The molecule has 0 saturated heterocycles. The minimum atomic E-state index is 0.514. The number of nitrogens with one attached hydrogen (secondary N) is 1. The lowest BCUT2D eigenvalue weighted by Gasteiger charge is -2.07. The third-order valence-corrected chi connectivity index (χ3v) is 2.08. The van der Waals surface area contributed by atoms with Crippen LogP contribution in [0.1, 0.15) is 0 Å². The van der Waals surface area contributed by atoms with Crippen molar-refractivity contribution in [3.63, 3.8) is 0 Å². The fourth-order valence-electron chi connectivity index (χ4n) is 1.29. The van der Waals surface area contributed by atoms with E-state index in [0.29, 0.717) is 17.4 Å². The van der Waals surface area contributed by atoms with Gasteiger partial charge in [-0.3, -0.25) is 4.68 Å². The van der Waals surface area contributed by atoms with Gasteiger partial charge in [-0.1, -0.05) is 0 Å². The van der Waals surface area contributed by atoms with E-state index in [0.717, 1.165) is 5.69 Å². The fraction of sp³-hybridized carbons (Fsp3) is 0.200. The predicted molar refractivity (Wildman–Crippen MR) is 61.7 cm³/mol. The van der Waals surface area contributed by atoms with Crippen LogP contribution in [0.25, 0.3) is 0 Å². The van der Waals surface area contributed by atoms with Crippen LogP contribution in [0.3, 0.4) is 0 Å². The van der Waals surface area contributed by atoms with Crippen molar-refractivity contribution in [2.24, 2.45) is 7.05 Å². The summed E-state index contributed by atoms with van der Waals surface area (Å²) in [5.41, 5.74) is 7.18. The van der Waals surface area contributed by atoms with Crippen LogP contribution in [0.2, 0.25) is 0 Å². The van der Waals surface area contributed by atoms with Crippen molar-refractivity contribution in [2.45, 2.75) is 0 Å². The molecule has 0 atom stereocenters. The molecular weight excluding hydrogens is 206 g/mol. The molecule has 0 spiro atoms. The number of hydrogen-bond donors (Lipinski definition) is 2. The maximum absolute atomic E-state index is 5.79. The van der Waals surface area contributed by atoms with Crippen molar-refractivity contribution in [2.75, 3.05) is 18.2 Å². The lowest BCUT2D eigenvalue weighted by atomic mass is 10.4. The molecule has 0 aromatic carbocycles. The summed E-state index contributed by atoms with van der Waals surface area (Å²) >= 11 is 0.